The van der Waals surface area contributed by atoms with E-state index in [-0.39, 0.29) is 16.8 Å². The molecule has 138 valence electrons. The van der Waals surface area contributed by atoms with Crippen molar-refractivity contribution in [2.45, 2.75) is 30.3 Å². The van der Waals surface area contributed by atoms with Gasteiger partial charge in [-0.1, -0.05) is 6.07 Å². The van der Waals surface area contributed by atoms with Gasteiger partial charge in [0.2, 0.25) is 10.0 Å². The molecule has 2 N–H and O–H groups in total. The minimum absolute atomic E-state index is 0.0414. The fourth-order valence-corrected chi connectivity index (χ4v) is 4.72. The smallest absolute Gasteiger partial charge is 0.270 e. The Morgan fingerprint density at radius 1 is 1.27 bits per heavy atom. The van der Waals surface area contributed by atoms with E-state index in [2.05, 4.69) is 9.71 Å². The summed E-state index contributed by atoms with van der Waals surface area (Å²) >= 11 is 0. The fourth-order valence-electron chi connectivity index (χ4n) is 3.42. The number of rotatable bonds is 4. The zero-order valence-corrected chi connectivity index (χ0v) is 15.1. The summed E-state index contributed by atoms with van der Waals surface area (Å²) in [6.07, 6.45) is 3.06. The number of ether oxygens (including phenoxy) is 1. The van der Waals surface area contributed by atoms with Crippen LogP contribution in [-0.4, -0.2) is 50.0 Å². The van der Waals surface area contributed by atoms with Crippen LogP contribution in [0.15, 0.2) is 41.4 Å². The number of nitrogens with zero attached hydrogens (tertiary/aromatic N) is 1. The van der Waals surface area contributed by atoms with Gasteiger partial charge in [0.25, 0.3) is 5.91 Å². The molecular formula is C18H21N3O4S. The average Bonchev–Trinajstić information content (AvgIpc) is 3.33. The molecule has 1 aromatic carbocycles. The van der Waals surface area contributed by atoms with Crippen molar-refractivity contribution < 1.29 is 17.9 Å². The Bertz CT molecular complexity index is 903. The van der Waals surface area contributed by atoms with Crippen LogP contribution in [0.4, 0.5) is 0 Å². The van der Waals surface area contributed by atoms with Gasteiger partial charge < -0.3 is 14.6 Å². The lowest BCUT2D eigenvalue weighted by atomic mass is 9.99. The largest absolute Gasteiger partial charge is 0.380 e. The van der Waals surface area contributed by atoms with Gasteiger partial charge in [-0.15, -0.1) is 0 Å². The van der Waals surface area contributed by atoms with E-state index >= 15 is 0 Å². The maximum atomic E-state index is 12.6. The molecule has 0 bridgehead atoms. The quantitative estimate of drug-likeness (QED) is 0.842. The molecule has 1 fully saturated rings. The van der Waals surface area contributed by atoms with Crippen molar-refractivity contribution in [2.24, 2.45) is 0 Å². The Balaban J connectivity index is 1.51. The number of hydrogen-bond donors (Lipinski definition) is 2. The van der Waals surface area contributed by atoms with E-state index in [4.69, 9.17) is 4.74 Å². The second-order valence-corrected chi connectivity index (χ2v) is 8.39. The van der Waals surface area contributed by atoms with Gasteiger partial charge in [0.15, 0.2) is 0 Å². The highest BCUT2D eigenvalue weighted by molar-refractivity contribution is 7.89. The maximum absolute atomic E-state index is 12.6. The second kappa shape index (κ2) is 6.86. The molecule has 1 saturated heterocycles. The van der Waals surface area contributed by atoms with Crippen molar-refractivity contribution in [1.82, 2.24) is 14.6 Å². The standard InChI is InChI=1S/C18H21N3O4S/c22-18(17-2-1-7-19-17)21-8-5-13-10-16(4-3-14(13)11-21)26(23,24)20-15-6-9-25-12-15/h1-4,7,10,15,19-20H,5-6,8-9,11-12H2/t15-/m0/s1. The predicted molar refractivity (Wildman–Crippen MR) is 95.2 cm³/mol. The van der Waals surface area contributed by atoms with Crippen molar-refractivity contribution in [3.63, 3.8) is 0 Å². The summed E-state index contributed by atoms with van der Waals surface area (Å²) in [7, 11) is -3.56. The third-order valence-electron chi connectivity index (χ3n) is 4.87. The van der Waals surface area contributed by atoms with Crippen LogP contribution in [0.3, 0.4) is 0 Å². The third-order valence-corrected chi connectivity index (χ3v) is 6.39. The number of sulfonamides is 1. The highest BCUT2D eigenvalue weighted by atomic mass is 32.2. The van der Waals surface area contributed by atoms with Crippen molar-refractivity contribution in [3.05, 3.63) is 53.3 Å². The molecule has 1 aromatic heterocycles. The van der Waals surface area contributed by atoms with Crippen LogP contribution in [0, 0.1) is 0 Å². The molecular weight excluding hydrogens is 354 g/mol. The van der Waals surface area contributed by atoms with E-state index in [0.29, 0.717) is 44.8 Å². The Morgan fingerprint density at radius 2 is 2.15 bits per heavy atom. The van der Waals surface area contributed by atoms with Crippen molar-refractivity contribution in [3.8, 4) is 0 Å². The van der Waals surface area contributed by atoms with E-state index in [1.807, 2.05) is 6.07 Å². The number of carbonyl (C=O) groups is 1. The Kier molecular flexibility index (Phi) is 4.56. The second-order valence-electron chi connectivity index (χ2n) is 6.67. The molecule has 1 atom stereocenters. The molecule has 2 aromatic rings. The van der Waals surface area contributed by atoms with E-state index in [0.717, 1.165) is 11.1 Å². The summed E-state index contributed by atoms with van der Waals surface area (Å²) < 4.78 is 33.1. The highest BCUT2D eigenvalue weighted by Crippen LogP contribution is 2.24. The Morgan fingerprint density at radius 3 is 2.88 bits per heavy atom. The number of amides is 1. The van der Waals surface area contributed by atoms with Crippen LogP contribution >= 0.6 is 0 Å². The van der Waals surface area contributed by atoms with E-state index < -0.39 is 10.0 Å². The van der Waals surface area contributed by atoms with Gasteiger partial charge in [-0.05, 0) is 48.2 Å². The first-order valence-electron chi connectivity index (χ1n) is 8.67. The maximum Gasteiger partial charge on any atom is 0.270 e. The molecule has 2 aliphatic heterocycles. The van der Waals surface area contributed by atoms with Gasteiger partial charge in [0, 0.05) is 31.9 Å². The van der Waals surface area contributed by atoms with Gasteiger partial charge in [-0.3, -0.25) is 4.79 Å². The Hall–Kier alpha value is -2.16. The summed E-state index contributed by atoms with van der Waals surface area (Å²) in [6, 6.07) is 8.54. The van der Waals surface area contributed by atoms with Gasteiger partial charge >= 0.3 is 0 Å². The molecule has 2 aliphatic rings. The first-order chi connectivity index (χ1) is 12.5. The highest BCUT2D eigenvalue weighted by Gasteiger charge is 2.26. The minimum Gasteiger partial charge on any atom is -0.380 e. The molecule has 1 amide bonds. The zero-order chi connectivity index (χ0) is 18.1. The number of H-pyrrole nitrogens is 1. The molecule has 4 rings (SSSR count). The first kappa shape index (κ1) is 17.3. The number of aromatic nitrogens is 1. The van der Waals surface area contributed by atoms with E-state index in [1.165, 1.54) is 0 Å². The number of benzene rings is 1. The number of hydrogen-bond acceptors (Lipinski definition) is 4. The number of nitrogens with one attached hydrogen (secondary N) is 2. The normalized spacial score (nSPS) is 20.2. The van der Waals surface area contributed by atoms with Crippen LogP contribution < -0.4 is 4.72 Å². The minimum atomic E-state index is -3.56. The van der Waals surface area contributed by atoms with Crippen LogP contribution in [0.1, 0.15) is 28.0 Å². The molecule has 0 saturated carbocycles. The first-order valence-corrected chi connectivity index (χ1v) is 10.2. The molecule has 3 heterocycles. The van der Waals surface area contributed by atoms with Crippen molar-refractivity contribution in [1.29, 1.82) is 0 Å². The molecule has 7 nitrogen and oxygen atoms in total. The van der Waals surface area contributed by atoms with Gasteiger partial charge in [0.05, 0.1) is 11.5 Å². The Labute approximate surface area is 152 Å². The van der Waals surface area contributed by atoms with Gasteiger partial charge in [-0.25, -0.2) is 13.1 Å². The van der Waals surface area contributed by atoms with Gasteiger partial charge in [0.1, 0.15) is 5.69 Å². The summed E-state index contributed by atoms with van der Waals surface area (Å²) in [5, 5.41) is 0. The van der Waals surface area contributed by atoms with Crippen LogP contribution in [0.25, 0.3) is 0 Å². The monoisotopic (exact) mass is 375 g/mol. The average molecular weight is 375 g/mol. The number of aromatic amines is 1. The van der Waals surface area contributed by atoms with Crippen LogP contribution in [-0.2, 0) is 27.7 Å². The fraction of sp³-hybridized carbons (Fsp3) is 0.389. The third kappa shape index (κ3) is 3.40. The van der Waals surface area contributed by atoms with Crippen LogP contribution in [0.2, 0.25) is 0 Å². The SMILES string of the molecule is O=C(c1ccc[nH]1)N1CCc2cc(S(=O)(=O)N[C@H]3CCOC3)ccc2C1. The number of fused-ring (bicyclic) bond motifs is 1. The number of carbonyl (C=O) groups excluding carboxylic acids is 1. The van der Waals surface area contributed by atoms with Crippen molar-refractivity contribution in [2.75, 3.05) is 19.8 Å². The molecule has 26 heavy (non-hydrogen) atoms. The summed E-state index contributed by atoms with van der Waals surface area (Å²) in [5.41, 5.74) is 2.53. The zero-order valence-electron chi connectivity index (χ0n) is 14.3. The lowest BCUT2D eigenvalue weighted by molar-refractivity contribution is 0.0729. The lowest BCUT2D eigenvalue weighted by Gasteiger charge is -2.29. The topological polar surface area (TPSA) is 91.5 Å². The van der Waals surface area contributed by atoms with E-state index in [1.54, 1.807) is 35.4 Å². The molecule has 0 aliphatic carbocycles. The van der Waals surface area contributed by atoms with E-state index in [9.17, 15) is 13.2 Å². The molecule has 0 spiro atoms. The molecule has 0 unspecified atom stereocenters. The summed E-state index contributed by atoms with van der Waals surface area (Å²) in [4.78, 5) is 17.4. The summed E-state index contributed by atoms with van der Waals surface area (Å²) in [5.74, 6) is -0.0414. The van der Waals surface area contributed by atoms with Gasteiger partial charge in [-0.2, -0.15) is 0 Å². The molecule has 8 heteroatoms. The summed E-state index contributed by atoms with van der Waals surface area (Å²) in [6.45, 7) is 2.05. The molecule has 0 radical (unpaired) electrons. The van der Waals surface area contributed by atoms with Crippen molar-refractivity contribution >= 4 is 15.9 Å². The lowest BCUT2D eigenvalue weighted by Crippen LogP contribution is -2.37. The van der Waals surface area contributed by atoms with Crippen LogP contribution in [0.5, 0.6) is 0 Å². The predicted octanol–water partition coefficient (Wildman–Crippen LogP) is 1.28.